The summed E-state index contributed by atoms with van der Waals surface area (Å²) in [6.45, 7) is 0. The first-order valence-electron chi connectivity index (χ1n) is 4.42. The summed E-state index contributed by atoms with van der Waals surface area (Å²) in [6.07, 6.45) is 1.73. The van der Waals surface area contributed by atoms with Gasteiger partial charge >= 0.3 is 0 Å². The topological polar surface area (TPSA) is 69.9 Å². The molecule has 0 saturated carbocycles. The molecule has 78 valence electrons. The molecule has 0 unspecified atom stereocenters. The van der Waals surface area contributed by atoms with Crippen molar-refractivity contribution in [1.82, 2.24) is 9.78 Å². The molecule has 0 aliphatic carbocycles. The molecule has 0 spiro atoms. The number of nitrogens with two attached hydrogens (primary N) is 2. The fraction of sp³-hybridized carbons (Fsp3) is 0.100. The van der Waals surface area contributed by atoms with Gasteiger partial charge in [-0.05, 0) is 33.6 Å². The number of rotatable bonds is 1. The van der Waals surface area contributed by atoms with E-state index in [0.717, 1.165) is 15.6 Å². The third-order valence-electron chi connectivity index (χ3n) is 2.29. The van der Waals surface area contributed by atoms with Crippen LogP contribution in [-0.2, 0) is 7.05 Å². The molecule has 5 heteroatoms. The van der Waals surface area contributed by atoms with Crippen molar-refractivity contribution in [3.8, 4) is 11.1 Å². The maximum Gasteiger partial charge on any atom is 0.129 e. The molecular formula is C10H11BrN4. The minimum Gasteiger partial charge on any atom is -0.398 e. The SMILES string of the molecule is Cn1ncc(-c2ccc(Br)c(N)c2)c1N. The standard InChI is InChI=1S/C10H11BrN4/c1-15-10(13)7(5-14-15)6-2-3-8(11)9(12)4-6/h2-5H,12-13H2,1H3. The van der Waals surface area contributed by atoms with Crippen LogP contribution in [0.3, 0.4) is 0 Å². The Bertz CT molecular complexity index is 504. The van der Waals surface area contributed by atoms with Crippen molar-refractivity contribution in [3.05, 3.63) is 28.9 Å². The van der Waals surface area contributed by atoms with E-state index in [1.807, 2.05) is 18.2 Å². The number of anilines is 2. The van der Waals surface area contributed by atoms with E-state index in [2.05, 4.69) is 21.0 Å². The molecule has 0 radical (unpaired) electrons. The number of aromatic nitrogens is 2. The lowest BCUT2D eigenvalue weighted by atomic mass is 10.1. The van der Waals surface area contributed by atoms with Crippen LogP contribution in [0.25, 0.3) is 11.1 Å². The minimum atomic E-state index is 0.636. The molecule has 2 rings (SSSR count). The molecule has 0 fully saturated rings. The van der Waals surface area contributed by atoms with Gasteiger partial charge in [0.2, 0.25) is 0 Å². The number of hydrogen-bond acceptors (Lipinski definition) is 3. The summed E-state index contributed by atoms with van der Waals surface area (Å²) in [4.78, 5) is 0. The van der Waals surface area contributed by atoms with Crippen LogP contribution >= 0.6 is 15.9 Å². The van der Waals surface area contributed by atoms with Crippen molar-refractivity contribution in [3.63, 3.8) is 0 Å². The van der Waals surface area contributed by atoms with E-state index in [0.29, 0.717) is 11.5 Å². The molecule has 0 aliphatic heterocycles. The Balaban J connectivity index is 2.55. The zero-order valence-electron chi connectivity index (χ0n) is 8.24. The molecule has 2 aromatic rings. The van der Waals surface area contributed by atoms with Gasteiger partial charge in [-0.3, -0.25) is 4.68 Å². The van der Waals surface area contributed by atoms with Crippen LogP contribution in [0.5, 0.6) is 0 Å². The average molecular weight is 267 g/mol. The third kappa shape index (κ3) is 1.70. The van der Waals surface area contributed by atoms with Gasteiger partial charge in [0.15, 0.2) is 0 Å². The Kier molecular flexibility index (Phi) is 2.40. The van der Waals surface area contributed by atoms with Crippen molar-refractivity contribution in [2.45, 2.75) is 0 Å². The fourth-order valence-corrected chi connectivity index (χ4v) is 1.63. The Labute approximate surface area is 96.0 Å². The average Bonchev–Trinajstić information content (AvgIpc) is 2.53. The van der Waals surface area contributed by atoms with Crippen molar-refractivity contribution < 1.29 is 0 Å². The third-order valence-corrected chi connectivity index (χ3v) is 3.01. The molecule has 0 amide bonds. The zero-order chi connectivity index (χ0) is 11.0. The van der Waals surface area contributed by atoms with Gasteiger partial charge in [-0.15, -0.1) is 0 Å². The van der Waals surface area contributed by atoms with Crippen LogP contribution in [0.1, 0.15) is 0 Å². The Morgan fingerprint density at radius 3 is 2.60 bits per heavy atom. The number of benzene rings is 1. The van der Waals surface area contributed by atoms with E-state index in [4.69, 9.17) is 11.5 Å². The van der Waals surface area contributed by atoms with Crippen molar-refractivity contribution in [1.29, 1.82) is 0 Å². The molecule has 1 aromatic carbocycles. The predicted octanol–water partition coefficient (Wildman–Crippen LogP) is 2.01. The Morgan fingerprint density at radius 1 is 1.33 bits per heavy atom. The van der Waals surface area contributed by atoms with E-state index in [-0.39, 0.29) is 0 Å². The van der Waals surface area contributed by atoms with E-state index in [1.165, 1.54) is 0 Å². The van der Waals surface area contributed by atoms with Crippen LogP contribution < -0.4 is 11.5 Å². The zero-order valence-corrected chi connectivity index (χ0v) is 9.82. The van der Waals surface area contributed by atoms with Gasteiger partial charge in [-0.1, -0.05) is 6.07 Å². The van der Waals surface area contributed by atoms with Crippen molar-refractivity contribution >= 4 is 27.4 Å². The van der Waals surface area contributed by atoms with Gasteiger partial charge in [0.05, 0.1) is 6.20 Å². The van der Waals surface area contributed by atoms with Gasteiger partial charge in [0, 0.05) is 22.8 Å². The molecule has 0 aliphatic rings. The normalized spacial score (nSPS) is 10.5. The summed E-state index contributed by atoms with van der Waals surface area (Å²) in [7, 11) is 1.81. The summed E-state index contributed by atoms with van der Waals surface area (Å²) in [5.41, 5.74) is 14.2. The van der Waals surface area contributed by atoms with E-state index in [1.54, 1.807) is 17.9 Å². The van der Waals surface area contributed by atoms with Gasteiger partial charge in [-0.2, -0.15) is 5.10 Å². The Hall–Kier alpha value is -1.49. The van der Waals surface area contributed by atoms with Crippen LogP contribution in [-0.4, -0.2) is 9.78 Å². The van der Waals surface area contributed by atoms with Gasteiger partial charge in [0.25, 0.3) is 0 Å². The van der Waals surface area contributed by atoms with Crippen LogP contribution in [0, 0.1) is 0 Å². The number of hydrogen-bond donors (Lipinski definition) is 2. The number of aryl methyl sites for hydroxylation is 1. The van der Waals surface area contributed by atoms with E-state index < -0.39 is 0 Å². The van der Waals surface area contributed by atoms with Crippen LogP contribution in [0.4, 0.5) is 11.5 Å². The molecule has 15 heavy (non-hydrogen) atoms. The second-order valence-corrected chi connectivity index (χ2v) is 4.16. The van der Waals surface area contributed by atoms with Crippen LogP contribution in [0.2, 0.25) is 0 Å². The smallest absolute Gasteiger partial charge is 0.129 e. The largest absolute Gasteiger partial charge is 0.398 e. The maximum absolute atomic E-state index is 5.87. The number of nitrogen functional groups attached to an aromatic ring is 2. The lowest BCUT2D eigenvalue weighted by Gasteiger charge is -2.03. The highest BCUT2D eigenvalue weighted by Crippen LogP contribution is 2.29. The second-order valence-electron chi connectivity index (χ2n) is 3.30. The summed E-state index contributed by atoms with van der Waals surface area (Å²) in [5, 5.41) is 4.08. The van der Waals surface area contributed by atoms with E-state index >= 15 is 0 Å². The lowest BCUT2D eigenvalue weighted by Crippen LogP contribution is -1.98. The summed E-state index contributed by atoms with van der Waals surface area (Å²) < 4.78 is 2.52. The molecule has 0 bridgehead atoms. The second kappa shape index (κ2) is 3.58. The van der Waals surface area contributed by atoms with Gasteiger partial charge in [-0.25, -0.2) is 0 Å². The molecule has 0 saturated heterocycles. The van der Waals surface area contributed by atoms with Gasteiger partial charge < -0.3 is 11.5 Å². The monoisotopic (exact) mass is 266 g/mol. The highest BCUT2D eigenvalue weighted by Gasteiger charge is 2.08. The molecule has 0 atom stereocenters. The number of nitrogens with zero attached hydrogens (tertiary/aromatic N) is 2. The molecule has 4 N–H and O–H groups in total. The summed E-state index contributed by atoms with van der Waals surface area (Å²) in [5.74, 6) is 0.636. The minimum absolute atomic E-state index is 0.636. The maximum atomic E-state index is 5.87. The summed E-state index contributed by atoms with van der Waals surface area (Å²) in [6, 6.07) is 5.72. The molecule has 1 aromatic heterocycles. The highest BCUT2D eigenvalue weighted by atomic mass is 79.9. The van der Waals surface area contributed by atoms with E-state index in [9.17, 15) is 0 Å². The van der Waals surface area contributed by atoms with Crippen molar-refractivity contribution in [2.24, 2.45) is 7.05 Å². The van der Waals surface area contributed by atoms with Crippen molar-refractivity contribution in [2.75, 3.05) is 11.5 Å². The summed E-state index contributed by atoms with van der Waals surface area (Å²) >= 11 is 3.35. The first-order chi connectivity index (χ1) is 7.09. The predicted molar refractivity (Wildman–Crippen MR) is 65.2 cm³/mol. The highest BCUT2D eigenvalue weighted by molar-refractivity contribution is 9.10. The fourth-order valence-electron chi connectivity index (χ4n) is 1.38. The molecule has 4 nitrogen and oxygen atoms in total. The lowest BCUT2D eigenvalue weighted by molar-refractivity contribution is 0.779. The quantitative estimate of drug-likeness (QED) is 0.776. The Morgan fingerprint density at radius 2 is 2.07 bits per heavy atom. The molecular weight excluding hydrogens is 256 g/mol. The van der Waals surface area contributed by atoms with Gasteiger partial charge in [0.1, 0.15) is 5.82 Å². The molecule has 1 heterocycles. The number of halogens is 1. The first-order valence-corrected chi connectivity index (χ1v) is 5.22. The van der Waals surface area contributed by atoms with Crippen LogP contribution in [0.15, 0.2) is 28.9 Å². The first kappa shape index (κ1) is 10.0.